The quantitative estimate of drug-likeness (QED) is 0.362. The summed E-state index contributed by atoms with van der Waals surface area (Å²) < 4.78 is 0. The van der Waals surface area contributed by atoms with E-state index in [0.717, 1.165) is 0 Å². The van der Waals surface area contributed by atoms with Gasteiger partial charge in [-0.2, -0.15) is 0 Å². The van der Waals surface area contributed by atoms with Crippen LogP contribution in [0.3, 0.4) is 0 Å². The van der Waals surface area contributed by atoms with Crippen molar-refractivity contribution in [1.82, 2.24) is 10.6 Å². The van der Waals surface area contributed by atoms with Crippen LogP contribution in [0.15, 0.2) is 5.18 Å². The van der Waals surface area contributed by atoms with E-state index in [1.54, 1.807) is 0 Å². The van der Waals surface area contributed by atoms with Gasteiger partial charge in [-0.3, -0.25) is 9.59 Å². The van der Waals surface area contributed by atoms with Gasteiger partial charge in [0, 0.05) is 25.2 Å². The van der Waals surface area contributed by atoms with Gasteiger partial charge in [-0.1, -0.05) is 0 Å². The lowest BCUT2D eigenvalue weighted by molar-refractivity contribution is -0.126. The van der Waals surface area contributed by atoms with E-state index >= 15 is 0 Å². The molecule has 15 heavy (non-hydrogen) atoms. The molecule has 0 saturated heterocycles. The van der Waals surface area contributed by atoms with Crippen LogP contribution in [-0.4, -0.2) is 37.5 Å². The third-order valence-corrected chi connectivity index (χ3v) is 1.70. The fraction of sp³-hybridized carbons (Fsp3) is 0.750. The molecule has 0 spiro atoms. The molecule has 0 aliphatic carbocycles. The summed E-state index contributed by atoms with van der Waals surface area (Å²) in [7, 11) is 0. The number of nitrogens with zero attached hydrogens (tertiary/aromatic N) is 1. The fourth-order valence-corrected chi connectivity index (χ4v) is 1.04. The Balaban J connectivity index is 3.96. The van der Waals surface area contributed by atoms with E-state index in [2.05, 4.69) is 15.8 Å². The van der Waals surface area contributed by atoms with Crippen molar-refractivity contribution in [2.45, 2.75) is 19.4 Å². The second-order valence-electron chi connectivity index (χ2n) is 3.01. The molecule has 0 rings (SSSR count). The van der Waals surface area contributed by atoms with E-state index in [1.165, 1.54) is 6.92 Å². The molecule has 0 bridgehead atoms. The van der Waals surface area contributed by atoms with Crippen molar-refractivity contribution in [3.8, 4) is 0 Å². The summed E-state index contributed by atoms with van der Waals surface area (Å²) in [5.41, 5.74) is 5.24. The number of hydrogen-bond donors (Lipinski definition) is 3. The van der Waals surface area contributed by atoms with Gasteiger partial charge in [0.2, 0.25) is 5.91 Å². The molecule has 2 amide bonds. The highest BCUT2D eigenvalue weighted by Crippen LogP contribution is 1.94. The molecular weight excluding hydrogens is 200 g/mol. The van der Waals surface area contributed by atoms with Gasteiger partial charge in [-0.05, 0) is 13.0 Å². The molecular formula is C8H16N4O3. The van der Waals surface area contributed by atoms with Crippen LogP contribution in [0, 0.1) is 4.91 Å². The number of nitrogens with one attached hydrogen (secondary N) is 2. The van der Waals surface area contributed by atoms with E-state index < -0.39 is 11.9 Å². The Bertz CT molecular complexity index is 232. The van der Waals surface area contributed by atoms with E-state index in [0.29, 0.717) is 26.1 Å². The molecule has 0 saturated carbocycles. The second-order valence-corrected chi connectivity index (χ2v) is 3.01. The molecule has 0 aromatic rings. The van der Waals surface area contributed by atoms with Crippen molar-refractivity contribution in [2.75, 3.05) is 19.6 Å². The third-order valence-electron chi connectivity index (χ3n) is 1.70. The molecule has 0 aromatic carbocycles. The average Bonchev–Trinajstić information content (AvgIpc) is 2.21. The summed E-state index contributed by atoms with van der Waals surface area (Å²) in [6, 6.07) is -0.842. The van der Waals surface area contributed by atoms with Crippen LogP contribution in [0.5, 0.6) is 0 Å². The minimum Gasteiger partial charge on any atom is -0.344 e. The first-order chi connectivity index (χ1) is 7.11. The lowest BCUT2D eigenvalue weighted by atomic mass is 10.2. The van der Waals surface area contributed by atoms with E-state index in [1.807, 2.05) is 0 Å². The SMILES string of the molecule is CC(=O)N[C@@H](CCNCCN)C(=O)N=O. The highest BCUT2D eigenvalue weighted by Gasteiger charge is 2.19. The van der Waals surface area contributed by atoms with Crippen LogP contribution >= 0.6 is 0 Å². The van der Waals surface area contributed by atoms with Gasteiger partial charge in [0.25, 0.3) is 0 Å². The Morgan fingerprint density at radius 1 is 1.40 bits per heavy atom. The maximum atomic E-state index is 11.0. The van der Waals surface area contributed by atoms with E-state index in [-0.39, 0.29) is 5.91 Å². The Kier molecular flexibility index (Phi) is 7.29. The zero-order chi connectivity index (χ0) is 11.7. The molecule has 0 radical (unpaired) electrons. The number of rotatable bonds is 7. The summed E-state index contributed by atoms with van der Waals surface area (Å²) in [4.78, 5) is 31.7. The summed E-state index contributed by atoms with van der Waals surface area (Å²) in [5, 5.41) is 7.58. The lowest BCUT2D eigenvalue weighted by Gasteiger charge is -2.12. The number of carbonyl (C=O) groups excluding carboxylic acids is 2. The normalized spacial score (nSPS) is 11.9. The topological polar surface area (TPSA) is 114 Å². The summed E-state index contributed by atoms with van der Waals surface area (Å²) in [6.07, 6.45) is 0.324. The predicted octanol–water partition coefficient (Wildman–Crippen LogP) is -1.28. The first kappa shape index (κ1) is 13.7. The van der Waals surface area contributed by atoms with Crippen LogP contribution in [0.2, 0.25) is 0 Å². The van der Waals surface area contributed by atoms with Crippen molar-refractivity contribution in [3.63, 3.8) is 0 Å². The molecule has 1 atom stereocenters. The van der Waals surface area contributed by atoms with Gasteiger partial charge in [0.05, 0.1) is 0 Å². The number of nitroso groups, excluding NO2 is 1. The Morgan fingerprint density at radius 2 is 2.07 bits per heavy atom. The smallest absolute Gasteiger partial charge is 0.308 e. The lowest BCUT2D eigenvalue weighted by Crippen LogP contribution is -2.41. The Labute approximate surface area is 87.8 Å². The van der Waals surface area contributed by atoms with Gasteiger partial charge < -0.3 is 16.4 Å². The summed E-state index contributed by atoms with van der Waals surface area (Å²) >= 11 is 0. The minimum absolute atomic E-state index is 0.324. The average molecular weight is 216 g/mol. The van der Waals surface area contributed by atoms with Gasteiger partial charge in [0.1, 0.15) is 6.04 Å². The molecule has 0 fully saturated rings. The van der Waals surface area contributed by atoms with Gasteiger partial charge in [-0.15, -0.1) is 4.91 Å². The van der Waals surface area contributed by atoms with E-state index in [4.69, 9.17) is 5.73 Å². The predicted molar refractivity (Wildman–Crippen MR) is 54.9 cm³/mol. The summed E-state index contributed by atoms with van der Waals surface area (Å²) in [6.45, 7) is 2.88. The second kappa shape index (κ2) is 8.01. The molecule has 0 heterocycles. The Hall–Kier alpha value is -1.34. The number of carbonyl (C=O) groups is 2. The number of hydrogen-bond acceptors (Lipinski definition) is 5. The van der Waals surface area contributed by atoms with Crippen LogP contribution in [0.25, 0.3) is 0 Å². The fourth-order valence-electron chi connectivity index (χ4n) is 1.04. The van der Waals surface area contributed by atoms with Crippen molar-refractivity contribution in [3.05, 3.63) is 4.91 Å². The highest BCUT2D eigenvalue weighted by atomic mass is 16.3. The van der Waals surface area contributed by atoms with Crippen molar-refractivity contribution < 1.29 is 9.59 Å². The first-order valence-electron chi connectivity index (χ1n) is 4.67. The zero-order valence-electron chi connectivity index (χ0n) is 8.66. The van der Waals surface area contributed by atoms with Crippen LogP contribution in [0.1, 0.15) is 13.3 Å². The molecule has 7 nitrogen and oxygen atoms in total. The summed E-state index contributed by atoms with van der Waals surface area (Å²) in [5.74, 6) is -1.23. The first-order valence-corrected chi connectivity index (χ1v) is 4.67. The standard InChI is InChI=1S/C8H16N4O3/c1-6(13)11-7(8(14)12-15)2-4-10-5-3-9/h7,10H,2-5,9H2,1H3,(H,11,13)/t7-/m0/s1. The van der Waals surface area contributed by atoms with Gasteiger partial charge >= 0.3 is 5.91 Å². The van der Waals surface area contributed by atoms with Crippen LogP contribution < -0.4 is 16.4 Å². The van der Waals surface area contributed by atoms with Gasteiger partial charge in [0.15, 0.2) is 0 Å². The number of amides is 2. The highest BCUT2D eigenvalue weighted by molar-refractivity contribution is 5.87. The monoisotopic (exact) mass is 216 g/mol. The van der Waals surface area contributed by atoms with Crippen LogP contribution in [0.4, 0.5) is 0 Å². The van der Waals surface area contributed by atoms with Crippen molar-refractivity contribution in [2.24, 2.45) is 10.9 Å². The Morgan fingerprint density at radius 3 is 2.53 bits per heavy atom. The molecule has 86 valence electrons. The molecule has 0 aromatic heterocycles. The van der Waals surface area contributed by atoms with Crippen LogP contribution in [-0.2, 0) is 9.59 Å². The molecule has 0 unspecified atom stereocenters. The minimum atomic E-state index is -0.861. The molecule has 7 heteroatoms. The molecule has 4 N–H and O–H groups in total. The zero-order valence-corrected chi connectivity index (χ0v) is 8.66. The maximum absolute atomic E-state index is 11.0. The maximum Gasteiger partial charge on any atom is 0.308 e. The molecule has 0 aliphatic heterocycles. The van der Waals surface area contributed by atoms with Gasteiger partial charge in [-0.25, -0.2) is 0 Å². The van der Waals surface area contributed by atoms with Crippen molar-refractivity contribution >= 4 is 11.8 Å². The van der Waals surface area contributed by atoms with E-state index in [9.17, 15) is 14.5 Å². The molecule has 0 aliphatic rings. The van der Waals surface area contributed by atoms with Crippen molar-refractivity contribution in [1.29, 1.82) is 0 Å². The number of nitrogens with two attached hydrogens (primary N) is 1. The largest absolute Gasteiger partial charge is 0.344 e. The third kappa shape index (κ3) is 6.69.